The molecule has 0 bridgehead atoms. The Morgan fingerprint density at radius 2 is 1.17 bits per heavy atom. The molecular formula is H13AlBBiPbSiZn. The minimum absolute atomic E-state index is 0. The van der Waals surface area contributed by atoms with Gasteiger partial charge in [-0.3, -0.25) is 0 Å². The maximum Gasteiger partial charge on any atom is 0 e. The summed E-state index contributed by atoms with van der Waals surface area (Å²) in [5, 5.41) is 0. The molecule has 0 aromatic rings. The molecule has 0 unspecified atom stereocenters. The van der Waals surface area contributed by atoms with Crippen LogP contribution in [0.5, 0.6) is 0 Å². The zero-order valence-corrected chi connectivity index (χ0v) is 20.1. The smallest absolute Gasteiger partial charge is 0 e. The predicted molar refractivity (Wildman–Crippen MR) is 46.9 cm³/mol. The van der Waals surface area contributed by atoms with Gasteiger partial charge in [-0.25, -0.2) is 0 Å². The van der Waals surface area contributed by atoms with E-state index >= 15 is 0 Å². The van der Waals surface area contributed by atoms with Crippen molar-refractivity contribution in [1.82, 2.24) is 0 Å². The fourth-order valence-corrected chi connectivity index (χ4v) is 0. The Morgan fingerprint density at radius 3 is 1.17 bits per heavy atom. The molecule has 6 heteroatoms. The van der Waals surface area contributed by atoms with Crippen molar-refractivity contribution in [3.63, 3.8) is 0 Å². The molecule has 0 spiro atoms. The van der Waals surface area contributed by atoms with E-state index in [1.807, 2.05) is 0 Å². The fourth-order valence-electron chi connectivity index (χ4n) is 0. The topological polar surface area (TPSA) is 0 Å². The molecule has 0 saturated heterocycles. The van der Waals surface area contributed by atoms with Crippen LogP contribution in [-0.4, -0.2) is 88.4 Å². The molecule has 2 radical (unpaired) electrons. The summed E-state index contributed by atoms with van der Waals surface area (Å²) in [7, 11) is 3.44. The average Bonchev–Trinajstić information content (AvgIpc) is 1.00. The van der Waals surface area contributed by atoms with Crippen molar-refractivity contribution in [2.45, 2.75) is 0 Å². The van der Waals surface area contributed by atoms with Crippen LogP contribution in [0, 0.1) is 0 Å². The van der Waals surface area contributed by atoms with E-state index in [4.69, 9.17) is 0 Å². The van der Waals surface area contributed by atoms with Crippen molar-refractivity contribution in [3.8, 4) is 0 Å². The van der Waals surface area contributed by atoms with Gasteiger partial charge >= 0.3 is 53.5 Å². The largest absolute Gasteiger partial charge is 0 e. The second-order valence-corrected chi connectivity index (χ2v) is 0. The Morgan fingerprint density at radius 1 is 1.17 bits per heavy atom. The monoisotopic (exact) mass is 560 g/mol. The molecule has 0 saturated carbocycles. The van der Waals surface area contributed by atoms with E-state index in [1.54, 1.807) is 0 Å². The van der Waals surface area contributed by atoms with Crippen LogP contribution in [0.2, 0.25) is 0 Å². The van der Waals surface area contributed by atoms with E-state index in [2.05, 4.69) is 7.44 Å². The Hall–Kier alpha value is 3.24. The third-order valence-corrected chi connectivity index (χ3v) is 0. The molecular weight excluding hydrogens is 547 g/mol. The second-order valence-electron chi connectivity index (χ2n) is 0. The van der Waals surface area contributed by atoms with Crippen LogP contribution in [-0.2, 0) is 19.5 Å². The summed E-state index contributed by atoms with van der Waals surface area (Å²) in [5.74, 6) is 0. The summed E-state index contributed by atoms with van der Waals surface area (Å²) >= 11 is 0. The fraction of sp³-hybridized carbons (Fsp3) is 0. The first-order valence-electron chi connectivity index (χ1n) is 1.00. The molecule has 0 fully saturated rings. The first-order chi connectivity index (χ1) is 1.00. The van der Waals surface area contributed by atoms with E-state index in [9.17, 15) is 0 Å². The number of rotatable bonds is 0. The molecule has 0 amide bonds. The van der Waals surface area contributed by atoms with Gasteiger partial charge in [0.2, 0.25) is 0 Å². The SMILES string of the molecule is B[SiH3].[AlH3].[BiH3].[PbH2].[Zn]. The van der Waals surface area contributed by atoms with Crippen molar-refractivity contribution in [1.29, 1.82) is 0 Å². The average molecular weight is 561 g/mol. The molecule has 0 aliphatic rings. The van der Waals surface area contributed by atoms with Gasteiger partial charge in [0.15, 0.2) is 17.4 Å². The van der Waals surface area contributed by atoms with Gasteiger partial charge in [0.1, 0.15) is 0 Å². The van der Waals surface area contributed by atoms with Crippen molar-refractivity contribution in [2.75, 3.05) is 0 Å². The van der Waals surface area contributed by atoms with Crippen LogP contribution in [0.25, 0.3) is 0 Å². The molecule has 0 rings (SSSR count). The normalized spacial score (nSPS) is 1.33. The second kappa shape index (κ2) is 41.1. The maximum atomic E-state index is 2.14. The van der Waals surface area contributed by atoms with Crippen LogP contribution in [0.4, 0.5) is 0 Å². The van der Waals surface area contributed by atoms with Crippen molar-refractivity contribution < 1.29 is 19.5 Å². The minimum atomic E-state index is 0. The zero-order chi connectivity index (χ0) is 2.00. The Labute approximate surface area is 106 Å². The van der Waals surface area contributed by atoms with Gasteiger partial charge in [-0.2, -0.15) is 0 Å². The third-order valence-electron chi connectivity index (χ3n) is 0. The van der Waals surface area contributed by atoms with Crippen LogP contribution in [0.15, 0.2) is 0 Å². The molecule has 0 aliphatic carbocycles. The van der Waals surface area contributed by atoms with Crippen molar-refractivity contribution in [2.24, 2.45) is 0 Å². The van der Waals surface area contributed by atoms with Gasteiger partial charge in [-0.1, -0.05) is 0 Å². The first kappa shape index (κ1) is 34.9. The Bertz CT molecular complexity index is 15.5. The van der Waals surface area contributed by atoms with E-state index in [0.717, 1.165) is 0 Å². The number of hydrogen-bond donors (Lipinski definition) is 0. The van der Waals surface area contributed by atoms with E-state index < -0.39 is 0 Å². The van der Waals surface area contributed by atoms with E-state index in [-0.39, 0.29) is 90.3 Å². The molecule has 0 nitrogen and oxygen atoms in total. The van der Waals surface area contributed by atoms with Gasteiger partial charge in [-0.15, -0.1) is 0 Å². The molecule has 0 atom stereocenters. The van der Waals surface area contributed by atoms with E-state index in [0.29, 0.717) is 0 Å². The van der Waals surface area contributed by atoms with Crippen molar-refractivity contribution in [3.05, 3.63) is 0 Å². The quantitative estimate of drug-likeness (QED) is 0.260. The summed E-state index contributed by atoms with van der Waals surface area (Å²) in [6.07, 6.45) is 0. The zero-order valence-electron chi connectivity index (χ0n) is 4.12. The predicted octanol–water partition coefficient (Wildman–Crippen LogP) is -5.39. The van der Waals surface area contributed by atoms with Gasteiger partial charge in [-0.05, 0) is 10.1 Å². The summed E-state index contributed by atoms with van der Waals surface area (Å²) in [6, 6.07) is 0. The number of hydrogen-bond acceptors (Lipinski definition) is 0. The summed E-state index contributed by atoms with van der Waals surface area (Å²) < 4.78 is 0. The van der Waals surface area contributed by atoms with Gasteiger partial charge in [0.05, 0.1) is 7.44 Å². The van der Waals surface area contributed by atoms with Gasteiger partial charge in [0, 0.05) is 19.5 Å². The van der Waals surface area contributed by atoms with Crippen LogP contribution >= 0.6 is 0 Å². The first-order valence-corrected chi connectivity index (χ1v) is 3.00. The van der Waals surface area contributed by atoms with Gasteiger partial charge in [0.25, 0.3) is 0 Å². The van der Waals surface area contributed by atoms with Crippen LogP contribution < -0.4 is 0 Å². The summed E-state index contributed by atoms with van der Waals surface area (Å²) in [5.41, 5.74) is 0. The standard InChI is InChI=1S/Al.BH5Si.Bi.Pb.Zn.8H/c;1-2;;;;;;;;;;;/h;1H2,2H3;;;;;;;;;;;. The van der Waals surface area contributed by atoms with Crippen molar-refractivity contribution >= 4 is 88.4 Å². The van der Waals surface area contributed by atoms with Crippen LogP contribution in [0.1, 0.15) is 0 Å². The third kappa shape index (κ3) is 26.8. The summed E-state index contributed by atoms with van der Waals surface area (Å²) in [4.78, 5) is 0. The van der Waals surface area contributed by atoms with Gasteiger partial charge < -0.3 is 0 Å². The Balaban J connectivity index is -0.000000000833. The Kier molecular flexibility index (Phi) is 239. The van der Waals surface area contributed by atoms with Crippen LogP contribution in [0.3, 0.4) is 0 Å². The minimum Gasteiger partial charge on any atom is 0 e. The molecule has 0 aliphatic heterocycles. The molecule has 0 N–H and O–H groups in total. The molecule has 0 heterocycles. The molecule has 34 valence electrons. The molecule has 0 aromatic carbocycles. The molecule has 0 aromatic heterocycles. The maximum absolute atomic E-state index is 2.14. The molecule has 6 heavy (non-hydrogen) atoms. The summed E-state index contributed by atoms with van der Waals surface area (Å²) in [6.45, 7) is 0. The van der Waals surface area contributed by atoms with E-state index in [1.165, 1.54) is 10.1 Å².